The quantitative estimate of drug-likeness (QED) is 0.847. The summed E-state index contributed by atoms with van der Waals surface area (Å²) >= 11 is 0. The highest BCUT2D eigenvalue weighted by molar-refractivity contribution is 5.14. The van der Waals surface area contributed by atoms with Crippen LogP contribution in [0.1, 0.15) is 18.4 Å². The van der Waals surface area contributed by atoms with E-state index in [1.54, 1.807) is 0 Å². The highest BCUT2D eigenvalue weighted by Gasteiger charge is 2.20. The first-order valence-corrected chi connectivity index (χ1v) is 7.33. The summed E-state index contributed by atoms with van der Waals surface area (Å²) in [5.41, 5.74) is 1.38. The first-order chi connectivity index (χ1) is 9.28. The average Bonchev–Trinajstić information content (AvgIpc) is 2.40. The minimum atomic E-state index is 0.284. The molecule has 0 aliphatic carbocycles. The zero-order valence-corrected chi connectivity index (χ0v) is 12.0. The molecule has 19 heavy (non-hydrogen) atoms. The number of benzene rings is 1. The molecule has 1 unspecified atom stereocenters. The average molecular weight is 262 g/mol. The lowest BCUT2D eigenvalue weighted by atomic mass is 9.97. The molecule has 1 fully saturated rings. The van der Waals surface area contributed by atoms with Crippen molar-refractivity contribution in [2.24, 2.45) is 5.92 Å². The summed E-state index contributed by atoms with van der Waals surface area (Å²) in [6, 6.07) is 10.7. The maximum atomic E-state index is 9.03. The molecule has 0 saturated carbocycles. The Bertz CT molecular complexity index is 353. The van der Waals surface area contributed by atoms with Gasteiger partial charge in [-0.15, -0.1) is 0 Å². The lowest BCUT2D eigenvalue weighted by Crippen LogP contribution is -2.41. The summed E-state index contributed by atoms with van der Waals surface area (Å²) in [4.78, 5) is 4.81. The van der Waals surface area contributed by atoms with Gasteiger partial charge in [-0.3, -0.25) is 0 Å². The molecule has 1 aromatic carbocycles. The lowest BCUT2D eigenvalue weighted by Gasteiger charge is -2.34. The number of rotatable bonds is 6. The Balaban J connectivity index is 1.77. The predicted octanol–water partition coefficient (Wildman–Crippen LogP) is 1.82. The fourth-order valence-corrected chi connectivity index (χ4v) is 3.05. The third kappa shape index (κ3) is 4.94. The van der Waals surface area contributed by atoms with Gasteiger partial charge in [-0.1, -0.05) is 30.3 Å². The molecular formula is C16H26N2O. The van der Waals surface area contributed by atoms with E-state index in [4.69, 9.17) is 5.11 Å². The van der Waals surface area contributed by atoms with Crippen molar-refractivity contribution in [1.82, 2.24) is 9.80 Å². The van der Waals surface area contributed by atoms with E-state index in [0.717, 1.165) is 38.6 Å². The zero-order valence-electron chi connectivity index (χ0n) is 12.0. The molecule has 0 spiro atoms. The second-order valence-electron chi connectivity index (χ2n) is 5.71. The van der Waals surface area contributed by atoms with Crippen molar-refractivity contribution in [3.8, 4) is 0 Å². The topological polar surface area (TPSA) is 26.7 Å². The Morgan fingerprint density at radius 2 is 2.11 bits per heavy atom. The Morgan fingerprint density at radius 1 is 1.32 bits per heavy atom. The van der Waals surface area contributed by atoms with Gasteiger partial charge in [-0.05, 0) is 37.9 Å². The van der Waals surface area contributed by atoms with Crippen molar-refractivity contribution < 1.29 is 5.11 Å². The number of hydrogen-bond donors (Lipinski definition) is 1. The molecule has 1 aliphatic rings. The van der Waals surface area contributed by atoms with Crippen molar-refractivity contribution >= 4 is 0 Å². The highest BCUT2D eigenvalue weighted by atomic mass is 16.3. The number of aliphatic hydroxyl groups excluding tert-OH is 1. The first kappa shape index (κ1) is 14.5. The number of hydrogen-bond acceptors (Lipinski definition) is 3. The van der Waals surface area contributed by atoms with Crippen molar-refractivity contribution in [2.75, 3.05) is 39.8 Å². The fraction of sp³-hybridized carbons (Fsp3) is 0.625. The third-order valence-corrected chi connectivity index (χ3v) is 3.88. The van der Waals surface area contributed by atoms with Gasteiger partial charge in [0, 0.05) is 26.2 Å². The van der Waals surface area contributed by atoms with E-state index in [1.807, 2.05) is 0 Å². The highest BCUT2D eigenvalue weighted by Crippen LogP contribution is 2.17. The maximum Gasteiger partial charge on any atom is 0.0558 e. The summed E-state index contributed by atoms with van der Waals surface area (Å²) in [6.45, 7) is 5.58. The van der Waals surface area contributed by atoms with Crippen LogP contribution < -0.4 is 0 Å². The normalized spacial score (nSPS) is 20.9. The summed E-state index contributed by atoms with van der Waals surface area (Å²) in [6.07, 6.45) is 2.59. The van der Waals surface area contributed by atoms with Gasteiger partial charge in [0.2, 0.25) is 0 Å². The van der Waals surface area contributed by atoms with Crippen LogP contribution in [-0.2, 0) is 6.54 Å². The smallest absolute Gasteiger partial charge is 0.0558 e. The molecule has 1 atom stereocenters. The van der Waals surface area contributed by atoms with Gasteiger partial charge in [0.05, 0.1) is 6.61 Å². The number of aliphatic hydroxyl groups is 1. The lowest BCUT2D eigenvalue weighted by molar-refractivity contribution is 0.119. The zero-order chi connectivity index (χ0) is 13.5. The van der Waals surface area contributed by atoms with E-state index in [-0.39, 0.29) is 6.61 Å². The maximum absolute atomic E-state index is 9.03. The fourth-order valence-electron chi connectivity index (χ4n) is 3.05. The van der Waals surface area contributed by atoms with Gasteiger partial charge in [0.1, 0.15) is 0 Å². The number of piperidine rings is 1. The summed E-state index contributed by atoms with van der Waals surface area (Å²) in [5, 5.41) is 9.03. The van der Waals surface area contributed by atoms with Crippen LogP contribution in [0.4, 0.5) is 0 Å². The van der Waals surface area contributed by atoms with Crippen molar-refractivity contribution in [1.29, 1.82) is 0 Å². The summed E-state index contributed by atoms with van der Waals surface area (Å²) in [5.74, 6) is 0.744. The van der Waals surface area contributed by atoms with Crippen LogP contribution >= 0.6 is 0 Å². The Labute approximate surface area is 116 Å². The van der Waals surface area contributed by atoms with Gasteiger partial charge < -0.3 is 14.9 Å². The second-order valence-corrected chi connectivity index (χ2v) is 5.71. The number of β-amino-alcohol motifs (C(OH)–C–C–N with tert-alkyl or cyclic N) is 1. The molecule has 0 bridgehead atoms. The van der Waals surface area contributed by atoms with Crippen molar-refractivity contribution in [2.45, 2.75) is 19.4 Å². The van der Waals surface area contributed by atoms with Crippen LogP contribution in [0.2, 0.25) is 0 Å². The van der Waals surface area contributed by atoms with Crippen LogP contribution in [0.25, 0.3) is 0 Å². The van der Waals surface area contributed by atoms with Gasteiger partial charge in [0.15, 0.2) is 0 Å². The van der Waals surface area contributed by atoms with Crippen LogP contribution in [0.15, 0.2) is 30.3 Å². The summed E-state index contributed by atoms with van der Waals surface area (Å²) < 4.78 is 0. The molecule has 1 aromatic rings. The van der Waals surface area contributed by atoms with Gasteiger partial charge in [-0.25, -0.2) is 0 Å². The van der Waals surface area contributed by atoms with E-state index in [1.165, 1.54) is 18.4 Å². The van der Waals surface area contributed by atoms with Crippen LogP contribution in [0, 0.1) is 5.92 Å². The van der Waals surface area contributed by atoms with E-state index < -0.39 is 0 Å². The monoisotopic (exact) mass is 262 g/mol. The predicted molar refractivity (Wildman–Crippen MR) is 79.0 cm³/mol. The largest absolute Gasteiger partial charge is 0.395 e. The molecule has 1 N–H and O–H groups in total. The third-order valence-electron chi connectivity index (χ3n) is 3.88. The molecule has 1 saturated heterocycles. The number of nitrogens with zero attached hydrogens (tertiary/aromatic N) is 2. The summed E-state index contributed by atoms with van der Waals surface area (Å²) in [7, 11) is 2.21. The molecule has 0 amide bonds. The molecule has 0 aromatic heterocycles. The Hall–Kier alpha value is -0.900. The molecule has 3 nitrogen and oxygen atoms in total. The molecule has 1 aliphatic heterocycles. The molecule has 2 rings (SSSR count). The van der Waals surface area contributed by atoms with E-state index in [2.05, 4.69) is 47.2 Å². The van der Waals surface area contributed by atoms with Crippen molar-refractivity contribution in [3.05, 3.63) is 35.9 Å². The SMILES string of the molecule is CN(Cc1ccccc1)CC1CCCN(CCO)C1. The first-order valence-electron chi connectivity index (χ1n) is 7.33. The molecule has 1 heterocycles. The van der Waals surface area contributed by atoms with Gasteiger partial charge in [0.25, 0.3) is 0 Å². The molecular weight excluding hydrogens is 236 g/mol. The van der Waals surface area contributed by atoms with Crippen LogP contribution in [0.5, 0.6) is 0 Å². The molecule has 3 heteroatoms. The minimum absolute atomic E-state index is 0.284. The van der Waals surface area contributed by atoms with E-state index in [0.29, 0.717) is 0 Å². The Kier molecular flexibility index (Phi) is 5.83. The Morgan fingerprint density at radius 3 is 2.84 bits per heavy atom. The standard InChI is InChI=1S/C16H26N2O/c1-17(12-15-6-3-2-4-7-15)13-16-8-5-9-18(14-16)10-11-19/h2-4,6-7,16,19H,5,8-14H2,1H3. The van der Waals surface area contributed by atoms with Gasteiger partial charge >= 0.3 is 0 Å². The number of likely N-dealkylation sites (tertiary alicyclic amines) is 1. The molecule has 106 valence electrons. The van der Waals surface area contributed by atoms with E-state index in [9.17, 15) is 0 Å². The minimum Gasteiger partial charge on any atom is -0.395 e. The van der Waals surface area contributed by atoms with Gasteiger partial charge in [-0.2, -0.15) is 0 Å². The van der Waals surface area contributed by atoms with Crippen LogP contribution in [0.3, 0.4) is 0 Å². The second kappa shape index (κ2) is 7.63. The molecule has 0 radical (unpaired) electrons. The van der Waals surface area contributed by atoms with E-state index >= 15 is 0 Å². The van der Waals surface area contributed by atoms with Crippen molar-refractivity contribution in [3.63, 3.8) is 0 Å². The van der Waals surface area contributed by atoms with Crippen LogP contribution in [-0.4, -0.2) is 54.7 Å².